The fourth-order valence-electron chi connectivity index (χ4n) is 2.16. The molecule has 2 aliphatic rings. The Labute approximate surface area is 66.7 Å². The van der Waals surface area contributed by atoms with Crippen molar-refractivity contribution in [2.24, 2.45) is 11.8 Å². The van der Waals surface area contributed by atoms with Gasteiger partial charge in [0.2, 0.25) is 5.91 Å². The summed E-state index contributed by atoms with van der Waals surface area (Å²) >= 11 is 0. The molecule has 1 N–H and O–H groups in total. The number of hydrogen-bond donors (Lipinski definition) is 1. The van der Waals surface area contributed by atoms with E-state index in [0.29, 0.717) is 5.92 Å². The van der Waals surface area contributed by atoms with E-state index in [1.165, 1.54) is 5.57 Å². The lowest BCUT2D eigenvalue weighted by Gasteiger charge is -2.24. The zero-order valence-corrected chi connectivity index (χ0v) is 6.60. The molecule has 0 bridgehead atoms. The molecule has 0 radical (unpaired) electrons. The van der Waals surface area contributed by atoms with Crippen molar-refractivity contribution in [1.29, 1.82) is 0 Å². The Balaban J connectivity index is 2.19. The van der Waals surface area contributed by atoms with E-state index in [-0.39, 0.29) is 11.8 Å². The van der Waals surface area contributed by atoms with Crippen LogP contribution in [0.15, 0.2) is 12.2 Å². The number of fused-ring (bicyclic) bond motifs is 1. The van der Waals surface area contributed by atoms with E-state index >= 15 is 0 Å². The number of rotatable bonds is 0. The van der Waals surface area contributed by atoms with E-state index in [2.05, 4.69) is 11.9 Å². The first kappa shape index (κ1) is 6.89. The normalized spacial score (nSPS) is 36.7. The summed E-state index contributed by atoms with van der Waals surface area (Å²) in [4.78, 5) is 11.2. The van der Waals surface area contributed by atoms with Crippen LogP contribution in [0.5, 0.6) is 0 Å². The maximum atomic E-state index is 11.2. The van der Waals surface area contributed by atoms with Crippen LogP contribution in [0.25, 0.3) is 0 Å². The van der Waals surface area contributed by atoms with Gasteiger partial charge in [0.05, 0.1) is 0 Å². The molecular formula is C9H13NO. The number of nitrogens with one attached hydrogen (secondary N) is 1. The van der Waals surface area contributed by atoms with Crippen molar-refractivity contribution in [2.75, 3.05) is 6.54 Å². The number of amides is 1. The molecular weight excluding hydrogens is 138 g/mol. The van der Waals surface area contributed by atoms with Gasteiger partial charge in [-0.15, -0.1) is 0 Å². The molecule has 2 atom stereocenters. The van der Waals surface area contributed by atoms with Crippen LogP contribution in [-0.2, 0) is 4.79 Å². The van der Waals surface area contributed by atoms with Crippen molar-refractivity contribution >= 4 is 5.91 Å². The highest BCUT2D eigenvalue weighted by Crippen LogP contribution is 2.35. The van der Waals surface area contributed by atoms with Gasteiger partial charge in [0, 0.05) is 18.4 Å². The van der Waals surface area contributed by atoms with Crippen LogP contribution >= 0.6 is 0 Å². The molecule has 0 aromatic heterocycles. The first-order valence-electron chi connectivity index (χ1n) is 4.24. The first-order valence-corrected chi connectivity index (χ1v) is 4.24. The fraction of sp³-hybridized carbons (Fsp3) is 0.667. The molecule has 2 nitrogen and oxygen atoms in total. The van der Waals surface area contributed by atoms with Crippen molar-refractivity contribution in [3.05, 3.63) is 12.2 Å². The number of carbonyl (C=O) groups is 1. The lowest BCUT2D eigenvalue weighted by Crippen LogP contribution is -2.22. The molecule has 1 aliphatic heterocycles. The lowest BCUT2D eigenvalue weighted by molar-refractivity contribution is -0.123. The molecule has 60 valence electrons. The van der Waals surface area contributed by atoms with E-state index in [4.69, 9.17) is 0 Å². The second-order valence-electron chi connectivity index (χ2n) is 3.51. The molecule has 0 spiro atoms. The van der Waals surface area contributed by atoms with E-state index in [1.54, 1.807) is 0 Å². The quantitative estimate of drug-likeness (QED) is 0.516. The second kappa shape index (κ2) is 2.36. The highest BCUT2D eigenvalue weighted by Gasteiger charge is 2.37. The van der Waals surface area contributed by atoms with Crippen LogP contribution in [-0.4, -0.2) is 12.5 Å². The zero-order chi connectivity index (χ0) is 7.84. The van der Waals surface area contributed by atoms with Gasteiger partial charge < -0.3 is 5.32 Å². The topological polar surface area (TPSA) is 29.1 Å². The Morgan fingerprint density at radius 2 is 2.27 bits per heavy atom. The minimum atomic E-state index is 0.246. The van der Waals surface area contributed by atoms with Gasteiger partial charge in [-0.05, 0) is 19.3 Å². The molecule has 1 heterocycles. The van der Waals surface area contributed by atoms with Gasteiger partial charge in [0.25, 0.3) is 0 Å². The standard InChI is InChI=1S/C9H13NO/c1-6-3-2-4-7-8(6)5-10-9(7)11/h7-8H,1-5H2,(H,10,11). The predicted octanol–water partition coefficient (Wildman–Crippen LogP) is 1.09. The van der Waals surface area contributed by atoms with Gasteiger partial charge in [-0.3, -0.25) is 4.79 Å². The van der Waals surface area contributed by atoms with Crippen molar-refractivity contribution in [1.82, 2.24) is 5.32 Å². The Hall–Kier alpha value is -0.790. The van der Waals surface area contributed by atoms with Crippen LogP contribution in [0.2, 0.25) is 0 Å². The minimum Gasteiger partial charge on any atom is -0.355 e. The second-order valence-corrected chi connectivity index (χ2v) is 3.51. The van der Waals surface area contributed by atoms with Gasteiger partial charge >= 0.3 is 0 Å². The average Bonchev–Trinajstić information content (AvgIpc) is 2.35. The van der Waals surface area contributed by atoms with Gasteiger partial charge in [-0.1, -0.05) is 12.2 Å². The smallest absolute Gasteiger partial charge is 0.223 e. The van der Waals surface area contributed by atoms with Crippen LogP contribution in [0.1, 0.15) is 19.3 Å². The van der Waals surface area contributed by atoms with Crippen molar-refractivity contribution in [2.45, 2.75) is 19.3 Å². The third kappa shape index (κ3) is 0.971. The summed E-state index contributed by atoms with van der Waals surface area (Å²) in [7, 11) is 0. The molecule has 2 heteroatoms. The third-order valence-electron chi connectivity index (χ3n) is 2.86. The predicted molar refractivity (Wildman–Crippen MR) is 43.0 cm³/mol. The summed E-state index contributed by atoms with van der Waals surface area (Å²) in [5.74, 6) is 0.961. The summed E-state index contributed by atoms with van der Waals surface area (Å²) < 4.78 is 0. The molecule has 0 aromatic carbocycles. The Bertz CT molecular complexity index is 210. The first-order chi connectivity index (χ1) is 5.29. The van der Waals surface area contributed by atoms with Crippen LogP contribution in [0, 0.1) is 11.8 Å². The zero-order valence-electron chi connectivity index (χ0n) is 6.60. The van der Waals surface area contributed by atoms with Gasteiger partial charge in [0.1, 0.15) is 0 Å². The molecule has 1 amide bonds. The molecule has 1 aliphatic carbocycles. The Morgan fingerprint density at radius 1 is 1.45 bits per heavy atom. The minimum absolute atomic E-state index is 0.246. The maximum absolute atomic E-state index is 11.2. The summed E-state index contributed by atoms with van der Waals surface area (Å²) in [6.07, 6.45) is 3.33. The molecule has 11 heavy (non-hydrogen) atoms. The van der Waals surface area contributed by atoms with Crippen LogP contribution in [0.3, 0.4) is 0 Å². The van der Waals surface area contributed by atoms with E-state index < -0.39 is 0 Å². The summed E-state index contributed by atoms with van der Waals surface area (Å²) in [5, 5.41) is 2.89. The third-order valence-corrected chi connectivity index (χ3v) is 2.86. The molecule has 1 saturated carbocycles. The monoisotopic (exact) mass is 151 g/mol. The largest absolute Gasteiger partial charge is 0.355 e. The van der Waals surface area contributed by atoms with E-state index in [1.807, 2.05) is 0 Å². The fourth-order valence-corrected chi connectivity index (χ4v) is 2.16. The summed E-state index contributed by atoms with van der Waals surface area (Å²) in [6.45, 7) is 4.83. The van der Waals surface area contributed by atoms with Crippen molar-refractivity contribution in [3.8, 4) is 0 Å². The lowest BCUT2D eigenvalue weighted by atomic mass is 9.78. The molecule has 1 saturated heterocycles. The van der Waals surface area contributed by atoms with Gasteiger partial charge in [0.15, 0.2) is 0 Å². The molecule has 2 fully saturated rings. The van der Waals surface area contributed by atoms with Crippen LogP contribution in [0.4, 0.5) is 0 Å². The molecule has 2 unspecified atom stereocenters. The highest BCUT2D eigenvalue weighted by molar-refractivity contribution is 5.82. The Morgan fingerprint density at radius 3 is 3.00 bits per heavy atom. The summed E-state index contributed by atoms with van der Waals surface area (Å²) in [6, 6.07) is 0. The number of hydrogen-bond acceptors (Lipinski definition) is 1. The molecule has 2 rings (SSSR count). The Kier molecular flexibility index (Phi) is 1.48. The van der Waals surface area contributed by atoms with Gasteiger partial charge in [-0.2, -0.15) is 0 Å². The highest BCUT2D eigenvalue weighted by atomic mass is 16.2. The van der Waals surface area contributed by atoms with Crippen molar-refractivity contribution < 1.29 is 4.79 Å². The van der Waals surface area contributed by atoms with Crippen molar-refractivity contribution in [3.63, 3.8) is 0 Å². The van der Waals surface area contributed by atoms with Crippen LogP contribution < -0.4 is 5.32 Å². The summed E-state index contributed by atoms with van der Waals surface area (Å²) in [5.41, 5.74) is 1.28. The van der Waals surface area contributed by atoms with Gasteiger partial charge in [-0.25, -0.2) is 0 Å². The van der Waals surface area contributed by atoms with E-state index in [0.717, 1.165) is 25.8 Å². The number of carbonyl (C=O) groups excluding carboxylic acids is 1. The van der Waals surface area contributed by atoms with E-state index in [9.17, 15) is 4.79 Å². The average molecular weight is 151 g/mol. The SMILES string of the molecule is C=C1CCCC2C(=O)NCC12. The molecule has 0 aromatic rings. The maximum Gasteiger partial charge on any atom is 0.223 e.